The first-order valence-electron chi connectivity index (χ1n) is 29.1. The van der Waals surface area contributed by atoms with Crippen molar-refractivity contribution in [3.8, 4) is 0 Å². The summed E-state index contributed by atoms with van der Waals surface area (Å²) in [5, 5.41) is 21.1. The average molecular weight is 1430 g/mol. The second-order valence-corrected chi connectivity index (χ2v) is 31.1. The van der Waals surface area contributed by atoms with Gasteiger partial charge in [-0.1, -0.05) is 85.6 Å². The molecule has 2 aromatic carbocycles. The number of carbonyl (C=O) groups excluding carboxylic acids is 9. The van der Waals surface area contributed by atoms with Crippen LogP contribution in [-0.4, -0.2) is 166 Å². The summed E-state index contributed by atoms with van der Waals surface area (Å²) in [5.74, 6) is -4.40. The Morgan fingerprint density at radius 3 is 1.46 bits per heavy atom. The molecule has 5 N–H and O–H groups in total. The zero-order valence-electron chi connectivity index (χ0n) is 50.8. The number of nitrogens with one attached hydrogen (secondary N) is 4. The number of carbonyl (C=O) groups is 8. The molecule has 29 heteroatoms. The van der Waals surface area contributed by atoms with E-state index in [9.17, 15) is 60.3 Å². The molecule has 0 radical (unpaired) electrons. The summed E-state index contributed by atoms with van der Waals surface area (Å²) in [6, 6.07) is 7.65. The van der Waals surface area contributed by atoms with Crippen molar-refractivity contribution in [1.29, 1.82) is 0 Å². The Morgan fingerprint density at radius 1 is 0.663 bits per heavy atom. The Bertz CT molecular complexity index is 3230. The minimum absolute atomic E-state index is 0.00914. The van der Waals surface area contributed by atoms with Crippen LogP contribution in [0, 0.1) is 22.7 Å². The fourth-order valence-corrected chi connectivity index (χ4v) is 13.6. The SMILES string of the molecule is C=CC1C[C@]1(NC(=O)[C@@H]1C[C@H](O)CN1C(=O)[C@@H](NC(=O)OC1CCCC1)C(C)(C)C)C(=O)[O+]=C.C=CC1C[C@]1(NC(=O)[C@@H]1C[C@H](OS(=O)(=O)c2ccc(Br)cc2)CN1C(=O)[C@@H](NC(=O)OC1CCCC1)C(C)(C)C)C(=O)OC.O=S(=O)(Cl)c1ccc(Br)cc1. The molecule has 89 heavy (non-hydrogen) atoms. The molecule has 490 valence electrons. The first-order chi connectivity index (χ1) is 41.5. The molecule has 2 unspecified atom stereocenters. The van der Waals surface area contributed by atoms with Crippen molar-refractivity contribution in [2.24, 2.45) is 22.7 Å². The standard InChI is InChI=1S/C30H40BrN3O9S.C24H35N3O7.C6H4BrClO2S/c1-6-18-16-30(18,27(37)41-5)33-25(35)23-15-21(43-44(39,40)22-13-11-19(31)12-14-22)17-34(23)26(36)24(29(2,3)4)32-28(38)42-20-9-7-8-10-20;1-6-14-12-24(14,21(31)33-5)26-19(29)17-11-15(28)13-27(17)20(30)18(23(2,3)4)25-22(32)34-16-9-7-8-10-16;7-5-1-3-6(4-2-5)11(8,9)10/h6,11-14,18,20-21,23-24H,1,7-10,15-17H2,2-5H3,(H,32,38)(H,33,35);6,14-18,28H,1,5,7-13H2,2-4H3,(H-,25,26,29,32);1-4H/p+1/t18?,21-,23-,24+,30+;14?,15-,17-,18+,24+;/m00./s1. The van der Waals surface area contributed by atoms with E-state index in [1.807, 2.05) is 0 Å². The number of halogens is 3. The Hall–Kier alpha value is -5.78. The van der Waals surface area contributed by atoms with E-state index in [1.54, 1.807) is 78.0 Å². The van der Waals surface area contributed by atoms with Gasteiger partial charge in [0.1, 0.15) is 41.9 Å². The maximum absolute atomic E-state index is 14.1. The summed E-state index contributed by atoms with van der Waals surface area (Å²) >= 11 is 6.44. The number of β-amino-alcohol motifs (C(OH)–C–C–N with tert-alkyl or cyclic N) is 1. The predicted molar refractivity (Wildman–Crippen MR) is 332 cm³/mol. The fraction of sp³-hybridized carbons (Fsp3) is 0.583. The number of esters is 1. The molecule has 4 aliphatic carbocycles. The largest absolute Gasteiger partial charge is 0.605 e. The van der Waals surface area contributed by atoms with Crippen LogP contribution in [0.4, 0.5) is 9.59 Å². The highest BCUT2D eigenvalue weighted by Crippen LogP contribution is 2.47. The van der Waals surface area contributed by atoms with Crippen LogP contribution in [0.1, 0.15) is 119 Å². The Morgan fingerprint density at radius 2 is 1.07 bits per heavy atom. The number of likely N-dealkylation sites (tertiary alicyclic amines) is 2. The number of nitrogens with zero attached hydrogens (tertiary/aromatic N) is 2. The van der Waals surface area contributed by atoms with E-state index in [0.29, 0.717) is 10.9 Å². The van der Waals surface area contributed by atoms with Gasteiger partial charge in [0, 0.05) is 57.4 Å². The van der Waals surface area contributed by atoms with Crippen molar-refractivity contribution in [1.82, 2.24) is 31.1 Å². The lowest BCUT2D eigenvalue weighted by molar-refractivity contribution is -0.372. The number of aliphatic hydroxyl groups excluding tert-OH is 1. The van der Waals surface area contributed by atoms with Crippen LogP contribution in [0.25, 0.3) is 0 Å². The van der Waals surface area contributed by atoms with Gasteiger partial charge in [-0.3, -0.25) is 27.8 Å². The second-order valence-electron chi connectivity index (χ2n) is 25.1. The Kier molecular flexibility index (Phi) is 24.1. The van der Waals surface area contributed by atoms with Gasteiger partial charge in [0.15, 0.2) is 6.79 Å². The van der Waals surface area contributed by atoms with Gasteiger partial charge in [0.25, 0.3) is 19.2 Å². The van der Waals surface area contributed by atoms with Crippen LogP contribution in [-0.2, 0) is 70.8 Å². The van der Waals surface area contributed by atoms with Gasteiger partial charge in [-0.05, 0) is 124 Å². The third-order valence-electron chi connectivity index (χ3n) is 16.4. The molecule has 8 rings (SSSR count). The van der Waals surface area contributed by atoms with Gasteiger partial charge >= 0.3 is 24.1 Å². The summed E-state index contributed by atoms with van der Waals surface area (Å²) in [6.45, 7) is 20.9. The monoisotopic (exact) mass is 1430 g/mol. The molecule has 6 aliphatic rings. The lowest BCUT2D eigenvalue weighted by Gasteiger charge is -2.35. The summed E-state index contributed by atoms with van der Waals surface area (Å²) in [4.78, 5) is 107. The minimum Gasteiger partial charge on any atom is -0.467 e. The van der Waals surface area contributed by atoms with Gasteiger partial charge in [0.2, 0.25) is 29.2 Å². The highest BCUT2D eigenvalue weighted by Gasteiger charge is 2.68. The lowest BCUT2D eigenvalue weighted by Crippen LogP contribution is -2.59. The molecule has 6 amide bonds. The van der Waals surface area contributed by atoms with Crippen molar-refractivity contribution >= 4 is 116 Å². The zero-order chi connectivity index (χ0) is 66.2. The number of hydrogen-bond acceptors (Lipinski definition) is 17. The van der Waals surface area contributed by atoms with E-state index in [2.05, 4.69) is 77.5 Å². The Balaban J connectivity index is 0.000000247. The van der Waals surface area contributed by atoms with E-state index in [-0.39, 0.29) is 66.2 Å². The van der Waals surface area contributed by atoms with Crippen LogP contribution in [0.5, 0.6) is 0 Å². The smallest absolute Gasteiger partial charge is 0.467 e. The highest BCUT2D eigenvalue weighted by atomic mass is 79.9. The molecule has 24 nitrogen and oxygen atoms in total. The molecule has 0 spiro atoms. The van der Waals surface area contributed by atoms with E-state index < -0.39 is 125 Å². The molecule has 10 atom stereocenters. The number of rotatable bonds is 18. The van der Waals surface area contributed by atoms with E-state index in [1.165, 1.54) is 41.2 Å². The quantitative estimate of drug-likeness (QED) is 0.0256. The predicted octanol–water partition coefficient (Wildman–Crippen LogP) is 6.80. The maximum atomic E-state index is 14.1. The van der Waals surface area contributed by atoms with Crippen LogP contribution < -0.4 is 21.3 Å². The third-order valence-corrected chi connectivity index (χ3v) is 20.2. The van der Waals surface area contributed by atoms with Crippen LogP contribution >= 0.6 is 42.5 Å². The fourth-order valence-electron chi connectivity index (χ4n) is 11.3. The summed E-state index contributed by atoms with van der Waals surface area (Å²) in [6.07, 6.45) is 6.69. The zero-order valence-corrected chi connectivity index (χ0v) is 56.4. The van der Waals surface area contributed by atoms with Crippen molar-refractivity contribution in [2.45, 2.75) is 188 Å². The number of methoxy groups -OCH3 is 1. The number of benzene rings is 2. The molecule has 2 aliphatic heterocycles. The molecular weight excluding hydrogens is 1350 g/mol. The van der Waals surface area contributed by atoms with Crippen molar-refractivity contribution < 1.29 is 83.1 Å². The van der Waals surface area contributed by atoms with E-state index in [4.69, 9.17) is 29.1 Å². The number of ether oxygens (including phenoxy) is 3. The summed E-state index contributed by atoms with van der Waals surface area (Å²) < 4.78 is 75.2. The molecule has 2 saturated heterocycles. The van der Waals surface area contributed by atoms with Crippen molar-refractivity contribution in [3.05, 3.63) is 82.8 Å². The first-order valence-corrected chi connectivity index (χ1v) is 34.4. The van der Waals surface area contributed by atoms with Gasteiger partial charge in [-0.2, -0.15) is 8.42 Å². The average Bonchev–Trinajstić information content (AvgIpc) is 1.60. The number of alkyl carbamates (subject to hydrolysis) is 2. The number of hydrogen-bond donors (Lipinski definition) is 5. The number of amides is 6. The van der Waals surface area contributed by atoms with Crippen LogP contribution in [0.2, 0.25) is 0 Å². The third kappa shape index (κ3) is 18.5. The van der Waals surface area contributed by atoms with E-state index in [0.717, 1.165) is 55.8 Å². The van der Waals surface area contributed by atoms with Gasteiger partial charge in [0.05, 0.1) is 33.9 Å². The molecule has 2 aromatic rings. The van der Waals surface area contributed by atoms with Crippen LogP contribution in [0.3, 0.4) is 0 Å². The number of aliphatic hydroxyl groups is 1. The van der Waals surface area contributed by atoms with Gasteiger partial charge < -0.3 is 50.4 Å². The molecule has 2 heterocycles. The summed E-state index contributed by atoms with van der Waals surface area (Å²) in [5.41, 5.74) is -4.11. The van der Waals surface area contributed by atoms with Gasteiger partial charge in [-0.25, -0.2) is 22.8 Å². The maximum Gasteiger partial charge on any atom is 0.605 e. The Labute approximate surface area is 540 Å². The lowest BCUT2D eigenvalue weighted by atomic mass is 9.85. The van der Waals surface area contributed by atoms with Gasteiger partial charge in [-0.15, -0.1) is 13.2 Å². The summed E-state index contributed by atoms with van der Waals surface area (Å²) in [7, 11) is -1.55. The minimum atomic E-state index is -4.26. The normalized spacial score (nSPS) is 25.7. The molecule has 4 saturated carbocycles. The van der Waals surface area contributed by atoms with E-state index >= 15 is 0 Å². The van der Waals surface area contributed by atoms with Crippen molar-refractivity contribution in [3.63, 3.8) is 0 Å². The molecule has 6 fully saturated rings. The molecule has 0 aromatic heterocycles. The topological polar surface area (TPSA) is 328 Å². The van der Waals surface area contributed by atoms with Crippen molar-refractivity contribution in [2.75, 3.05) is 20.2 Å². The molecular formula is C60H80Br2ClN6O18S2+. The molecule has 0 bridgehead atoms. The first kappa shape index (κ1) is 72.3. The second kappa shape index (κ2) is 29.7. The van der Waals surface area contributed by atoms with Crippen LogP contribution in [0.15, 0.2) is 92.6 Å². The highest BCUT2D eigenvalue weighted by molar-refractivity contribution is 9.10.